The SMILES string of the molecule is C=CC(=NC)C(C)=O. The number of allylic oxidation sites excluding steroid dienone is 1. The average Bonchev–Trinajstić information content (AvgIpc) is 1.69. The lowest BCUT2D eigenvalue weighted by atomic mass is 10.3. The van der Waals surface area contributed by atoms with Gasteiger partial charge in [0.1, 0.15) is 0 Å². The summed E-state index contributed by atoms with van der Waals surface area (Å²) in [6.45, 7) is 4.86. The van der Waals surface area contributed by atoms with Gasteiger partial charge in [-0.3, -0.25) is 9.79 Å². The average molecular weight is 111 g/mol. The number of Topliss-reactive ketones (excluding diaryl/α,β-unsaturated/α-hetero) is 1. The molecule has 0 aliphatic carbocycles. The van der Waals surface area contributed by atoms with Gasteiger partial charge in [-0.15, -0.1) is 0 Å². The maximum atomic E-state index is 10.4. The van der Waals surface area contributed by atoms with Crippen LogP contribution in [0.2, 0.25) is 0 Å². The van der Waals surface area contributed by atoms with E-state index >= 15 is 0 Å². The standard InChI is InChI=1S/C6H9NO/c1-4-6(7-3)5(2)8/h4H,1H2,2-3H3. The molecule has 0 saturated carbocycles. The number of ketones is 1. The summed E-state index contributed by atoms with van der Waals surface area (Å²) in [5.41, 5.74) is 0.435. The number of hydrogen-bond acceptors (Lipinski definition) is 2. The molecule has 0 bridgehead atoms. The highest BCUT2D eigenvalue weighted by Crippen LogP contribution is 1.78. The second kappa shape index (κ2) is 3.13. The first-order valence-corrected chi connectivity index (χ1v) is 2.32. The number of carbonyl (C=O) groups is 1. The zero-order valence-corrected chi connectivity index (χ0v) is 5.14. The molecule has 0 aliphatic heterocycles. The minimum absolute atomic E-state index is 0.0394. The summed E-state index contributed by atoms with van der Waals surface area (Å²) in [6, 6.07) is 0. The summed E-state index contributed by atoms with van der Waals surface area (Å²) in [6.07, 6.45) is 1.45. The van der Waals surface area contributed by atoms with E-state index in [-0.39, 0.29) is 5.78 Å². The van der Waals surface area contributed by atoms with Crippen molar-refractivity contribution in [1.82, 2.24) is 0 Å². The molecule has 2 heteroatoms. The van der Waals surface area contributed by atoms with Crippen molar-refractivity contribution in [2.75, 3.05) is 7.05 Å². The molecule has 44 valence electrons. The van der Waals surface area contributed by atoms with Crippen LogP contribution in [0, 0.1) is 0 Å². The predicted molar refractivity (Wildman–Crippen MR) is 34.2 cm³/mol. The molecule has 0 saturated heterocycles. The summed E-state index contributed by atoms with van der Waals surface area (Å²) < 4.78 is 0. The van der Waals surface area contributed by atoms with Gasteiger partial charge >= 0.3 is 0 Å². The van der Waals surface area contributed by atoms with Crippen LogP contribution in [0.3, 0.4) is 0 Å². The van der Waals surface area contributed by atoms with E-state index in [4.69, 9.17) is 0 Å². The largest absolute Gasteiger partial charge is 0.293 e. The van der Waals surface area contributed by atoms with E-state index < -0.39 is 0 Å². The van der Waals surface area contributed by atoms with E-state index in [9.17, 15) is 4.79 Å². The molecular weight excluding hydrogens is 102 g/mol. The molecule has 0 N–H and O–H groups in total. The monoisotopic (exact) mass is 111 g/mol. The first kappa shape index (κ1) is 7.08. The highest BCUT2D eigenvalue weighted by Gasteiger charge is 1.95. The Morgan fingerprint density at radius 3 is 2.25 bits per heavy atom. The summed E-state index contributed by atoms with van der Waals surface area (Å²) in [5, 5.41) is 0. The first-order chi connectivity index (χ1) is 3.72. The van der Waals surface area contributed by atoms with Crippen LogP contribution >= 0.6 is 0 Å². The third-order valence-corrected chi connectivity index (χ3v) is 0.795. The minimum Gasteiger partial charge on any atom is -0.293 e. The molecule has 0 unspecified atom stereocenters. The number of aliphatic imine (C=N–C) groups is 1. The second-order valence-electron chi connectivity index (χ2n) is 1.37. The third kappa shape index (κ3) is 1.69. The van der Waals surface area contributed by atoms with Crippen LogP contribution in [0.25, 0.3) is 0 Å². The van der Waals surface area contributed by atoms with Crippen LogP contribution < -0.4 is 0 Å². The van der Waals surface area contributed by atoms with Gasteiger partial charge in [0.2, 0.25) is 0 Å². The van der Waals surface area contributed by atoms with Crippen molar-refractivity contribution in [3.8, 4) is 0 Å². The molecule has 0 aromatic rings. The van der Waals surface area contributed by atoms with Crippen LogP contribution in [-0.4, -0.2) is 18.5 Å². The van der Waals surface area contributed by atoms with Gasteiger partial charge in [0, 0.05) is 14.0 Å². The Bertz CT molecular complexity index is 135. The lowest BCUT2D eigenvalue weighted by Crippen LogP contribution is -2.04. The normalized spacial score (nSPS) is 11.0. The van der Waals surface area contributed by atoms with Crippen molar-refractivity contribution in [2.45, 2.75) is 6.92 Å². The topological polar surface area (TPSA) is 29.4 Å². The summed E-state index contributed by atoms with van der Waals surface area (Å²) in [4.78, 5) is 14.1. The molecule has 2 nitrogen and oxygen atoms in total. The van der Waals surface area contributed by atoms with Crippen LogP contribution in [-0.2, 0) is 4.79 Å². The van der Waals surface area contributed by atoms with Crippen LogP contribution in [0.5, 0.6) is 0 Å². The third-order valence-electron chi connectivity index (χ3n) is 0.795. The van der Waals surface area contributed by atoms with Crippen molar-refractivity contribution >= 4 is 11.5 Å². The maximum absolute atomic E-state index is 10.4. The number of rotatable bonds is 2. The molecular formula is C6H9NO. The lowest BCUT2D eigenvalue weighted by molar-refractivity contribution is -0.111. The van der Waals surface area contributed by atoms with Gasteiger partial charge in [-0.2, -0.15) is 0 Å². The molecule has 0 spiro atoms. The molecule has 0 aromatic carbocycles. The first-order valence-electron chi connectivity index (χ1n) is 2.32. The van der Waals surface area contributed by atoms with Crippen LogP contribution in [0.4, 0.5) is 0 Å². The van der Waals surface area contributed by atoms with Crippen molar-refractivity contribution in [3.63, 3.8) is 0 Å². The Hall–Kier alpha value is -0.920. The summed E-state index contributed by atoms with van der Waals surface area (Å²) in [7, 11) is 1.57. The van der Waals surface area contributed by atoms with Gasteiger partial charge in [0.25, 0.3) is 0 Å². The Morgan fingerprint density at radius 2 is 2.25 bits per heavy atom. The van der Waals surface area contributed by atoms with Crippen molar-refractivity contribution < 1.29 is 4.79 Å². The summed E-state index contributed by atoms with van der Waals surface area (Å²) in [5.74, 6) is -0.0394. The molecule has 0 amide bonds. The van der Waals surface area contributed by atoms with Gasteiger partial charge in [0.15, 0.2) is 5.78 Å². The summed E-state index contributed by atoms with van der Waals surface area (Å²) >= 11 is 0. The second-order valence-corrected chi connectivity index (χ2v) is 1.37. The quantitative estimate of drug-likeness (QED) is 0.485. The zero-order valence-electron chi connectivity index (χ0n) is 5.14. The fraction of sp³-hybridized carbons (Fsp3) is 0.333. The molecule has 0 heterocycles. The fourth-order valence-corrected chi connectivity index (χ4v) is 0.392. The van der Waals surface area contributed by atoms with Gasteiger partial charge < -0.3 is 0 Å². The predicted octanol–water partition coefficient (Wildman–Crippen LogP) is 0.832. The van der Waals surface area contributed by atoms with Crippen LogP contribution in [0.1, 0.15) is 6.92 Å². The molecule has 0 fully saturated rings. The van der Waals surface area contributed by atoms with Crippen molar-refractivity contribution in [3.05, 3.63) is 12.7 Å². The lowest BCUT2D eigenvalue weighted by Gasteiger charge is -1.86. The van der Waals surface area contributed by atoms with Gasteiger partial charge in [0.05, 0.1) is 5.71 Å². The fourth-order valence-electron chi connectivity index (χ4n) is 0.392. The molecule has 8 heavy (non-hydrogen) atoms. The van der Waals surface area contributed by atoms with E-state index in [2.05, 4.69) is 11.6 Å². The van der Waals surface area contributed by atoms with Crippen LogP contribution in [0.15, 0.2) is 17.6 Å². The number of nitrogens with zero attached hydrogens (tertiary/aromatic N) is 1. The van der Waals surface area contributed by atoms with E-state index in [0.717, 1.165) is 0 Å². The van der Waals surface area contributed by atoms with E-state index in [0.29, 0.717) is 5.71 Å². The number of hydrogen-bond donors (Lipinski definition) is 0. The van der Waals surface area contributed by atoms with E-state index in [1.807, 2.05) is 0 Å². The van der Waals surface area contributed by atoms with Gasteiger partial charge in [-0.1, -0.05) is 6.58 Å². The number of carbonyl (C=O) groups excluding carboxylic acids is 1. The molecule has 0 radical (unpaired) electrons. The maximum Gasteiger partial charge on any atom is 0.177 e. The molecule has 0 aliphatic rings. The molecule has 0 aromatic heterocycles. The molecule has 0 atom stereocenters. The van der Waals surface area contributed by atoms with Crippen molar-refractivity contribution in [2.24, 2.45) is 4.99 Å². The Balaban J connectivity index is 4.13. The smallest absolute Gasteiger partial charge is 0.177 e. The van der Waals surface area contributed by atoms with E-state index in [1.54, 1.807) is 7.05 Å². The minimum atomic E-state index is -0.0394. The van der Waals surface area contributed by atoms with Gasteiger partial charge in [-0.05, 0) is 6.08 Å². The van der Waals surface area contributed by atoms with Crippen molar-refractivity contribution in [1.29, 1.82) is 0 Å². The van der Waals surface area contributed by atoms with E-state index in [1.165, 1.54) is 13.0 Å². The zero-order chi connectivity index (χ0) is 6.57. The Morgan fingerprint density at radius 1 is 1.75 bits per heavy atom. The highest BCUT2D eigenvalue weighted by molar-refractivity contribution is 6.43. The Labute approximate surface area is 48.9 Å². The highest BCUT2D eigenvalue weighted by atomic mass is 16.1. The molecule has 0 rings (SSSR count). The van der Waals surface area contributed by atoms with Gasteiger partial charge in [-0.25, -0.2) is 0 Å². The Kier molecular flexibility index (Phi) is 2.77.